The van der Waals surface area contributed by atoms with Crippen LogP contribution in [-0.2, 0) is 4.79 Å². The van der Waals surface area contributed by atoms with Gasteiger partial charge in [0.05, 0.1) is 17.0 Å². The molecule has 0 saturated carbocycles. The first kappa shape index (κ1) is 18.5. The van der Waals surface area contributed by atoms with Crippen molar-refractivity contribution < 1.29 is 9.53 Å². The largest absolute Gasteiger partial charge is 0.483 e. The summed E-state index contributed by atoms with van der Waals surface area (Å²) in [6.45, 7) is 2.22. The Morgan fingerprint density at radius 1 is 1.21 bits per heavy atom. The number of aryl methyl sites for hydroxylation is 1. The summed E-state index contributed by atoms with van der Waals surface area (Å²) >= 11 is 6.78. The Morgan fingerprint density at radius 3 is 2.54 bits per heavy atom. The second-order valence-electron chi connectivity index (χ2n) is 5.15. The molecule has 0 spiro atoms. The van der Waals surface area contributed by atoms with E-state index < -0.39 is 0 Å². The predicted molar refractivity (Wildman–Crippen MR) is 101 cm³/mol. The third kappa shape index (κ3) is 5.08. The number of benzene rings is 2. The van der Waals surface area contributed by atoms with Crippen molar-refractivity contribution in [1.82, 2.24) is 0 Å². The quantitative estimate of drug-likeness (QED) is 0.630. The van der Waals surface area contributed by atoms with Gasteiger partial charge in [-0.15, -0.1) is 0 Å². The third-order valence-corrected chi connectivity index (χ3v) is 4.45. The molecule has 2 rings (SSSR count). The van der Waals surface area contributed by atoms with E-state index >= 15 is 0 Å². The minimum absolute atomic E-state index is 0.0977. The SMILES string of the molecule is Cc1ccc(N(CCC#N)C(=O)COc2ccc(Br)cc2Br)cc1. The van der Waals surface area contributed by atoms with Gasteiger partial charge in [0.2, 0.25) is 0 Å². The molecule has 0 aliphatic carbocycles. The lowest BCUT2D eigenvalue weighted by molar-refractivity contribution is -0.120. The van der Waals surface area contributed by atoms with E-state index in [-0.39, 0.29) is 18.9 Å². The maximum Gasteiger partial charge on any atom is 0.264 e. The molecule has 0 bridgehead atoms. The van der Waals surface area contributed by atoms with E-state index in [1.807, 2.05) is 43.3 Å². The number of nitriles is 1. The molecule has 0 saturated heterocycles. The van der Waals surface area contributed by atoms with E-state index in [1.165, 1.54) is 0 Å². The number of nitrogens with zero attached hydrogens (tertiary/aromatic N) is 2. The maximum atomic E-state index is 12.6. The average Bonchev–Trinajstić information content (AvgIpc) is 2.56. The number of rotatable bonds is 6. The Kier molecular flexibility index (Phi) is 6.83. The molecule has 2 aromatic rings. The number of anilines is 1. The van der Waals surface area contributed by atoms with Crippen LogP contribution in [-0.4, -0.2) is 19.1 Å². The molecule has 124 valence electrons. The number of hydrogen-bond donors (Lipinski definition) is 0. The summed E-state index contributed by atoms with van der Waals surface area (Å²) in [6.07, 6.45) is 0.265. The molecular weight excluding hydrogens is 436 g/mol. The van der Waals surface area contributed by atoms with Crippen molar-refractivity contribution in [3.05, 3.63) is 57.0 Å². The van der Waals surface area contributed by atoms with E-state index in [4.69, 9.17) is 10.00 Å². The summed E-state index contributed by atoms with van der Waals surface area (Å²) in [5.41, 5.74) is 1.88. The van der Waals surface area contributed by atoms with Crippen molar-refractivity contribution in [2.24, 2.45) is 0 Å². The van der Waals surface area contributed by atoms with Crippen molar-refractivity contribution in [3.8, 4) is 11.8 Å². The van der Waals surface area contributed by atoms with E-state index in [1.54, 1.807) is 11.0 Å². The van der Waals surface area contributed by atoms with Crippen molar-refractivity contribution in [3.63, 3.8) is 0 Å². The maximum absolute atomic E-state index is 12.6. The highest BCUT2D eigenvalue weighted by Gasteiger charge is 2.16. The summed E-state index contributed by atoms with van der Waals surface area (Å²) in [5, 5.41) is 8.83. The molecule has 0 aromatic heterocycles. The second kappa shape index (κ2) is 8.86. The number of hydrogen-bond acceptors (Lipinski definition) is 3. The second-order valence-corrected chi connectivity index (χ2v) is 6.92. The van der Waals surface area contributed by atoms with Gasteiger partial charge in [-0.25, -0.2) is 0 Å². The summed E-state index contributed by atoms with van der Waals surface area (Å²) in [7, 11) is 0. The van der Waals surface area contributed by atoms with E-state index in [2.05, 4.69) is 37.9 Å². The monoisotopic (exact) mass is 450 g/mol. The number of amides is 1. The molecule has 4 nitrogen and oxygen atoms in total. The topological polar surface area (TPSA) is 53.3 Å². The standard InChI is InChI=1S/C18H16Br2N2O2/c1-13-3-6-15(7-4-13)22(10-2-9-21)18(23)12-24-17-8-5-14(19)11-16(17)20/h3-8,11H,2,10,12H2,1H3. The zero-order chi connectivity index (χ0) is 17.5. The molecule has 0 aliphatic rings. The van der Waals surface area contributed by atoms with Crippen LogP contribution in [0.3, 0.4) is 0 Å². The van der Waals surface area contributed by atoms with Crippen molar-refractivity contribution in [1.29, 1.82) is 5.26 Å². The Balaban J connectivity index is 2.10. The molecule has 0 N–H and O–H groups in total. The van der Waals surface area contributed by atoms with Gasteiger partial charge in [0, 0.05) is 16.7 Å². The number of halogens is 2. The average molecular weight is 452 g/mol. The summed E-state index contributed by atoms with van der Waals surface area (Å²) in [6, 6.07) is 15.2. The highest BCUT2D eigenvalue weighted by Crippen LogP contribution is 2.28. The smallest absolute Gasteiger partial charge is 0.264 e. The van der Waals surface area contributed by atoms with Crippen molar-refractivity contribution in [2.45, 2.75) is 13.3 Å². The van der Waals surface area contributed by atoms with Gasteiger partial charge >= 0.3 is 0 Å². The van der Waals surface area contributed by atoms with E-state index in [0.29, 0.717) is 12.3 Å². The Bertz CT molecular complexity index is 755. The fourth-order valence-corrected chi connectivity index (χ4v) is 3.26. The molecule has 1 amide bonds. The molecule has 0 fully saturated rings. The highest BCUT2D eigenvalue weighted by molar-refractivity contribution is 9.11. The zero-order valence-electron chi connectivity index (χ0n) is 13.1. The molecule has 0 atom stereocenters. The van der Waals surface area contributed by atoms with Crippen LogP contribution in [0.5, 0.6) is 5.75 Å². The molecule has 24 heavy (non-hydrogen) atoms. The minimum Gasteiger partial charge on any atom is -0.483 e. The molecule has 0 aliphatic heterocycles. The summed E-state index contributed by atoms with van der Waals surface area (Å²) in [5.74, 6) is 0.402. The third-order valence-electron chi connectivity index (χ3n) is 3.34. The lowest BCUT2D eigenvalue weighted by atomic mass is 10.2. The van der Waals surface area contributed by atoms with Crippen molar-refractivity contribution >= 4 is 43.5 Å². The lowest BCUT2D eigenvalue weighted by Crippen LogP contribution is -2.35. The predicted octanol–water partition coefficient (Wildman–Crippen LogP) is 4.85. The van der Waals surface area contributed by atoms with Crippen molar-refractivity contribution in [2.75, 3.05) is 18.1 Å². The van der Waals surface area contributed by atoms with E-state index in [9.17, 15) is 4.79 Å². The molecule has 0 unspecified atom stereocenters. The van der Waals surface area contributed by atoms with Gasteiger partial charge in [-0.1, -0.05) is 33.6 Å². The first-order valence-corrected chi connectivity index (χ1v) is 8.91. The van der Waals surface area contributed by atoms with Gasteiger partial charge in [0.25, 0.3) is 5.91 Å². The van der Waals surface area contributed by atoms with Gasteiger partial charge in [0.15, 0.2) is 6.61 Å². The van der Waals surface area contributed by atoms with Crippen LogP contribution in [0.4, 0.5) is 5.69 Å². The number of carbonyl (C=O) groups is 1. The Labute approximate surface area is 158 Å². The van der Waals surface area contributed by atoms with Gasteiger partial charge in [-0.05, 0) is 53.2 Å². The Morgan fingerprint density at radius 2 is 1.92 bits per heavy atom. The van der Waals surface area contributed by atoms with Crippen LogP contribution in [0.25, 0.3) is 0 Å². The van der Waals surface area contributed by atoms with Crippen LogP contribution in [0.15, 0.2) is 51.4 Å². The molecule has 0 heterocycles. The van der Waals surface area contributed by atoms with Crippen LogP contribution >= 0.6 is 31.9 Å². The lowest BCUT2D eigenvalue weighted by Gasteiger charge is -2.22. The van der Waals surface area contributed by atoms with Crippen LogP contribution in [0.2, 0.25) is 0 Å². The van der Waals surface area contributed by atoms with Gasteiger partial charge < -0.3 is 9.64 Å². The number of ether oxygens (including phenoxy) is 1. The first-order valence-electron chi connectivity index (χ1n) is 7.33. The fourth-order valence-electron chi connectivity index (χ4n) is 2.09. The van der Waals surface area contributed by atoms with E-state index in [0.717, 1.165) is 20.2 Å². The first-order chi connectivity index (χ1) is 11.5. The van der Waals surface area contributed by atoms with Gasteiger partial charge in [-0.2, -0.15) is 5.26 Å². The highest BCUT2D eigenvalue weighted by atomic mass is 79.9. The Hall–Kier alpha value is -1.84. The summed E-state index contributed by atoms with van der Waals surface area (Å²) in [4.78, 5) is 14.1. The van der Waals surface area contributed by atoms with Crippen LogP contribution in [0, 0.1) is 18.3 Å². The van der Waals surface area contributed by atoms with Crippen LogP contribution in [0.1, 0.15) is 12.0 Å². The molecular formula is C18H16Br2N2O2. The van der Waals surface area contributed by atoms with Gasteiger partial charge in [0.1, 0.15) is 5.75 Å². The van der Waals surface area contributed by atoms with Gasteiger partial charge in [-0.3, -0.25) is 4.79 Å². The molecule has 2 aromatic carbocycles. The fraction of sp³-hybridized carbons (Fsp3) is 0.222. The number of carbonyl (C=O) groups excluding carboxylic acids is 1. The normalized spacial score (nSPS) is 10.1. The molecule has 6 heteroatoms. The molecule has 0 radical (unpaired) electrons. The summed E-state index contributed by atoms with van der Waals surface area (Å²) < 4.78 is 7.30. The minimum atomic E-state index is -0.191. The zero-order valence-corrected chi connectivity index (χ0v) is 16.3. The van der Waals surface area contributed by atoms with Crippen LogP contribution < -0.4 is 9.64 Å².